The predicted octanol–water partition coefficient (Wildman–Crippen LogP) is 3.44. The quantitative estimate of drug-likeness (QED) is 0.830. The maximum Gasteiger partial charge on any atom is 0.251 e. The molecule has 0 unspecified atom stereocenters. The van der Waals surface area contributed by atoms with Gasteiger partial charge in [0, 0.05) is 22.7 Å². The van der Waals surface area contributed by atoms with Crippen molar-refractivity contribution in [1.82, 2.24) is 9.97 Å². The molecule has 0 aliphatic heterocycles. The molecule has 1 heterocycles. The van der Waals surface area contributed by atoms with Crippen molar-refractivity contribution >= 4 is 5.69 Å². The van der Waals surface area contributed by atoms with Gasteiger partial charge in [-0.25, -0.2) is 4.98 Å². The molecule has 1 aromatic carbocycles. The van der Waals surface area contributed by atoms with Crippen LogP contribution in [0, 0.1) is 0 Å². The summed E-state index contributed by atoms with van der Waals surface area (Å²) in [4.78, 5) is 19.2. The standard InChI is InChI=1S/C17H23N3O/c1-10(2)12-7-6-11(8-13(12)18)14-9-15(21)20-16(19-14)17(3,4)5/h6-10H,18H2,1-5H3,(H,19,20,21). The third-order valence-electron chi connectivity index (χ3n) is 3.46. The average Bonchev–Trinajstić information content (AvgIpc) is 2.36. The van der Waals surface area contributed by atoms with Gasteiger partial charge in [-0.2, -0.15) is 0 Å². The molecular weight excluding hydrogens is 262 g/mol. The number of nitrogens with zero attached hydrogens (tertiary/aromatic N) is 1. The Bertz CT molecular complexity index is 709. The Balaban J connectivity index is 2.55. The van der Waals surface area contributed by atoms with Crippen LogP contribution in [-0.2, 0) is 5.41 Å². The van der Waals surface area contributed by atoms with Crippen molar-refractivity contribution in [2.45, 2.75) is 46.0 Å². The first kappa shape index (κ1) is 15.3. The number of nitrogens with one attached hydrogen (secondary N) is 1. The lowest BCUT2D eigenvalue weighted by Gasteiger charge is -2.18. The van der Waals surface area contributed by atoms with Crippen LogP contribution in [0.4, 0.5) is 5.69 Å². The zero-order valence-corrected chi connectivity index (χ0v) is 13.3. The highest BCUT2D eigenvalue weighted by atomic mass is 16.1. The summed E-state index contributed by atoms with van der Waals surface area (Å²) in [7, 11) is 0. The largest absolute Gasteiger partial charge is 0.398 e. The number of benzene rings is 1. The Morgan fingerprint density at radius 1 is 1.19 bits per heavy atom. The molecule has 0 amide bonds. The lowest BCUT2D eigenvalue weighted by Crippen LogP contribution is -2.21. The van der Waals surface area contributed by atoms with E-state index >= 15 is 0 Å². The smallest absolute Gasteiger partial charge is 0.251 e. The fraction of sp³-hybridized carbons (Fsp3) is 0.412. The van der Waals surface area contributed by atoms with Crippen LogP contribution in [0.25, 0.3) is 11.3 Å². The molecule has 0 atom stereocenters. The lowest BCUT2D eigenvalue weighted by atomic mass is 9.95. The van der Waals surface area contributed by atoms with E-state index in [1.165, 1.54) is 6.07 Å². The molecule has 4 heteroatoms. The number of rotatable bonds is 2. The van der Waals surface area contributed by atoms with Crippen LogP contribution in [0.2, 0.25) is 0 Å². The van der Waals surface area contributed by atoms with Crippen molar-refractivity contribution in [3.63, 3.8) is 0 Å². The summed E-state index contributed by atoms with van der Waals surface area (Å²) in [6.07, 6.45) is 0. The summed E-state index contributed by atoms with van der Waals surface area (Å²) in [6.45, 7) is 10.3. The van der Waals surface area contributed by atoms with Gasteiger partial charge in [-0.3, -0.25) is 4.79 Å². The van der Waals surface area contributed by atoms with Gasteiger partial charge in [0.15, 0.2) is 0 Å². The number of hydrogen-bond donors (Lipinski definition) is 2. The molecule has 0 aliphatic rings. The number of nitrogens with two attached hydrogens (primary N) is 1. The zero-order chi connectivity index (χ0) is 15.8. The van der Waals surface area contributed by atoms with Crippen LogP contribution < -0.4 is 11.3 Å². The molecule has 0 saturated heterocycles. The fourth-order valence-electron chi connectivity index (χ4n) is 2.22. The van der Waals surface area contributed by atoms with Gasteiger partial charge >= 0.3 is 0 Å². The predicted molar refractivity (Wildman–Crippen MR) is 87.5 cm³/mol. The van der Waals surface area contributed by atoms with Gasteiger partial charge < -0.3 is 10.7 Å². The van der Waals surface area contributed by atoms with Gasteiger partial charge in [0.2, 0.25) is 0 Å². The zero-order valence-electron chi connectivity index (χ0n) is 13.3. The normalized spacial score (nSPS) is 11.9. The van der Waals surface area contributed by atoms with Gasteiger partial charge in [-0.05, 0) is 17.5 Å². The van der Waals surface area contributed by atoms with E-state index in [1.54, 1.807) is 0 Å². The van der Waals surface area contributed by atoms with Crippen molar-refractivity contribution < 1.29 is 0 Å². The van der Waals surface area contributed by atoms with Crippen molar-refractivity contribution in [3.8, 4) is 11.3 Å². The molecule has 0 fully saturated rings. The third-order valence-corrected chi connectivity index (χ3v) is 3.46. The maximum atomic E-state index is 11.9. The number of H-pyrrole nitrogens is 1. The Morgan fingerprint density at radius 3 is 2.38 bits per heavy atom. The third kappa shape index (κ3) is 3.32. The van der Waals surface area contributed by atoms with Crippen molar-refractivity contribution in [2.75, 3.05) is 5.73 Å². The van der Waals surface area contributed by atoms with E-state index in [-0.39, 0.29) is 11.0 Å². The van der Waals surface area contributed by atoms with Gasteiger partial charge in [-0.15, -0.1) is 0 Å². The van der Waals surface area contributed by atoms with Crippen molar-refractivity contribution in [1.29, 1.82) is 0 Å². The summed E-state index contributed by atoms with van der Waals surface area (Å²) in [6, 6.07) is 7.39. The minimum atomic E-state index is -0.210. The number of hydrogen-bond acceptors (Lipinski definition) is 3. The van der Waals surface area contributed by atoms with E-state index < -0.39 is 0 Å². The number of aromatic nitrogens is 2. The first-order valence-electron chi connectivity index (χ1n) is 7.20. The molecule has 0 radical (unpaired) electrons. The van der Waals surface area contributed by atoms with E-state index in [4.69, 9.17) is 5.73 Å². The minimum Gasteiger partial charge on any atom is -0.398 e. The van der Waals surface area contributed by atoms with Crippen LogP contribution in [0.1, 0.15) is 51.9 Å². The topological polar surface area (TPSA) is 71.8 Å². The molecule has 4 nitrogen and oxygen atoms in total. The molecule has 21 heavy (non-hydrogen) atoms. The van der Waals surface area contributed by atoms with Gasteiger partial charge in [0.05, 0.1) is 5.69 Å². The molecule has 112 valence electrons. The highest BCUT2D eigenvalue weighted by Crippen LogP contribution is 2.27. The summed E-state index contributed by atoms with van der Waals surface area (Å²) in [5.41, 5.74) is 9.13. The summed E-state index contributed by atoms with van der Waals surface area (Å²) in [5.74, 6) is 1.05. The number of anilines is 1. The molecular formula is C17H23N3O. The maximum absolute atomic E-state index is 11.9. The van der Waals surface area contributed by atoms with Gasteiger partial charge in [-0.1, -0.05) is 46.8 Å². The van der Waals surface area contributed by atoms with Crippen LogP contribution in [0.3, 0.4) is 0 Å². The Labute approximate surface area is 125 Å². The van der Waals surface area contributed by atoms with E-state index in [9.17, 15) is 4.79 Å². The van der Waals surface area contributed by atoms with Crippen LogP contribution in [-0.4, -0.2) is 9.97 Å². The fourth-order valence-corrected chi connectivity index (χ4v) is 2.22. The van der Waals surface area contributed by atoms with Crippen LogP contribution in [0.15, 0.2) is 29.1 Å². The molecule has 2 aromatic rings. The molecule has 0 spiro atoms. The minimum absolute atomic E-state index is 0.142. The number of nitrogen functional groups attached to an aromatic ring is 1. The SMILES string of the molecule is CC(C)c1ccc(-c2cc(=O)[nH]c(C(C)(C)C)n2)cc1N. The molecule has 3 N–H and O–H groups in total. The molecule has 1 aromatic heterocycles. The second-order valence-corrected chi connectivity index (χ2v) is 6.73. The van der Waals surface area contributed by atoms with E-state index in [1.807, 2.05) is 39.0 Å². The average molecular weight is 285 g/mol. The lowest BCUT2D eigenvalue weighted by molar-refractivity contribution is 0.543. The first-order valence-corrected chi connectivity index (χ1v) is 7.20. The highest BCUT2D eigenvalue weighted by Gasteiger charge is 2.18. The number of aromatic amines is 1. The molecule has 0 saturated carbocycles. The van der Waals surface area contributed by atoms with E-state index in [2.05, 4.69) is 23.8 Å². The summed E-state index contributed by atoms with van der Waals surface area (Å²) < 4.78 is 0. The Kier molecular flexibility index (Phi) is 3.90. The van der Waals surface area contributed by atoms with Crippen LogP contribution >= 0.6 is 0 Å². The van der Waals surface area contributed by atoms with Crippen molar-refractivity contribution in [3.05, 3.63) is 46.0 Å². The van der Waals surface area contributed by atoms with Crippen molar-refractivity contribution in [2.24, 2.45) is 0 Å². The van der Waals surface area contributed by atoms with E-state index in [0.717, 1.165) is 16.8 Å². The van der Waals surface area contributed by atoms with Crippen LogP contribution in [0.5, 0.6) is 0 Å². The molecule has 0 aliphatic carbocycles. The highest BCUT2D eigenvalue weighted by molar-refractivity contribution is 5.66. The van der Waals surface area contributed by atoms with Gasteiger partial charge in [0.25, 0.3) is 5.56 Å². The van der Waals surface area contributed by atoms with Gasteiger partial charge in [0.1, 0.15) is 5.82 Å². The summed E-state index contributed by atoms with van der Waals surface area (Å²) >= 11 is 0. The second-order valence-electron chi connectivity index (χ2n) is 6.73. The monoisotopic (exact) mass is 285 g/mol. The Morgan fingerprint density at radius 2 is 1.86 bits per heavy atom. The first-order chi connectivity index (χ1) is 9.68. The Hall–Kier alpha value is -2.10. The summed E-state index contributed by atoms with van der Waals surface area (Å²) in [5, 5.41) is 0. The molecule has 0 bridgehead atoms. The molecule has 2 rings (SSSR count). The van der Waals surface area contributed by atoms with E-state index in [0.29, 0.717) is 17.4 Å². The second kappa shape index (κ2) is 5.35.